The summed E-state index contributed by atoms with van der Waals surface area (Å²) in [6.07, 6.45) is -0.847. The molecule has 0 amide bonds. The molecular weight excluding hydrogens is 311 g/mol. The molecule has 0 spiro atoms. The van der Waals surface area contributed by atoms with Crippen LogP contribution in [0.3, 0.4) is 0 Å². The summed E-state index contributed by atoms with van der Waals surface area (Å²) in [4.78, 5) is 11.7. The third-order valence-electron chi connectivity index (χ3n) is 2.95. The lowest BCUT2D eigenvalue weighted by molar-refractivity contribution is -0.137. The summed E-state index contributed by atoms with van der Waals surface area (Å²) in [6.45, 7) is 3.69. The van der Waals surface area contributed by atoms with Crippen LogP contribution in [0.1, 0.15) is 19.4 Å². The average molecular weight is 323 g/mol. The van der Waals surface area contributed by atoms with Crippen LogP contribution in [-0.4, -0.2) is 21.1 Å². The lowest BCUT2D eigenvalue weighted by atomic mass is 10.2. The van der Waals surface area contributed by atoms with Crippen LogP contribution in [0.2, 0.25) is 0 Å². The molecular formula is C15H12F3N3O2. The summed E-state index contributed by atoms with van der Waals surface area (Å²) < 4.78 is 49.2. The fourth-order valence-electron chi connectivity index (χ4n) is 2.00. The van der Waals surface area contributed by atoms with Crippen LogP contribution in [0.25, 0.3) is 22.7 Å². The first-order chi connectivity index (χ1) is 10.8. The zero-order valence-corrected chi connectivity index (χ0v) is 12.3. The van der Waals surface area contributed by atoms with Crippen molar-refractivity contribution in [3.63, 3.8) is 0 Å². The van der Waals surface area contributed by atoms with Gasteiger partial charge in [-0.2, -0.15) is 13.2 Å². The van der Waals surface area contributed by atoms with Gasteiger partial charge in [0.15, 0.2) is 5.75 Å². The van der Waals surface area contributed by atoms with Crippen LogP contribution < -0.4 is 4.74 Å². The number of fused-ring (bicyclic) bond motifs is 1. The standard InChI is InChI=1S/C15H12F3N3O2/c1-8(2)22-12-7-19-4-3-10(12)13-21-11-5-9(15(16,17)18)6-20-14(11)23-13/h3-8H,1-2H3. The molecule has 0 aliphatic carbocycles. The molecule has 0 unspecified atom stereocenters. The minimum atomic E-state index is -4.48. The highest BCUT2D eigenvalue weighted by atomic mass is 19.4. The Balaban J connectivity index is 2.08. The molecule has 23 heavy (non-hydrogen) atoms. The van der Waals surface area contributed by atoms with Crippen molar-refractivity contribution in [2.24, 2.45) is 0 Å². The Morgan fingerprint density at radius 3 is 2.70 bits per heavy atom. The molecule has 0 aromatic carbocycles. The SMILES string of the molecule is CC(C)Oc1cnccc1-c1nc2cc(C(F)(F)F)cnc2o1. The molecule has 0 fully saturated rings. The number of nitrogens with zero attached hydrogens (tertiary/aromatic N) is 3. The molecule has 8 heteroatoms. The van der Waals surface area contributed by atoms with Crippen LogP contribution >= 0.6 is 0 Å². The van der Waals surface area contributed by atoms with Gasteiger partial charge in [-0.15, -0.1) is 0 Å². The summed E-state index contributed by atoms with van der Waals surface area (Å²) in [6, 6.07) is 2.52. The Kier molecular flexibility index (Phi) is 3.67. The molecule has 0 saturated heterocycles. The molecule has 3 aromatic heterocycles. The largest absolute Gasteiger partial charge is 0.489 e. The summed E-state index contributed by atoms with van der Waals surface area (Å²) >= 11 is 0. The second-order valence-electron chi connectivity index (χ2n) is 5.10. The number of pyridine rings is 2. The fourth-order valence-corrected chi connectivity index (χ4v) is 2.00. The van der Waals surface area contributed by atoms with Gasteiger partial charge in [0.1, 0.15) is 5.52 Å². The van der Waals surface area contributed by atoms with Crippen molar-refractivity contribution in [2.75, 3.05) is 0 Å². The van der Waals surface area contributed by atoms with Gasteiger partial charge in [-0.05, 0) is 26.0 Å². The molecule has 0 aliphatic heterocycles. The number of oxazole rings is 1. The van der Waals surface area contributed by atoms with E-state index in [-0.39, 0.29) is 23.2 Å². The Labute approximate surface area is 129 Å². The van der Waals surface area contributed by atoms with E-state index in [0.29, 0.717) is 11.3 Å². The van der Waals surface area contributed by atoms with Crippen molar-refractivity contribution in [1.82, 2.24) is 15.0 Å². The van der Waals surface area contributed by atoms with E-state index in [1.54, 1.807) is 6.07 Å². The number of hydrogen-bond donors (Lipinski definition) is 0. The van der Waals surface area contributed by atoms with Crippen LogP contribution in [0.15, 0.2) is 35.1 Å². The molecule has 5 nitrogen and oxygen atoms in total. The van der Waals surface area contributed by atoms with Gasteiger partial charge in [0.25, 0.3) is 0 Å². The first-order valence-electron chi connectivity index (χ1n) is 6.79. The minimum Gasteiger partial charge on any atom is -0.489 e. The second-order valence-corrected chi connectivity index (χ2v) is 5.10. The van der Waals surface area contributed by atoms with Gasteiger partial charge in [-0.25, -0.2) is 9.97 Å². The van der Waals surface area contributed by atoms with Gasteiger partial charge in [0.2, 0.25) is 11.6 Å². The van der Waals surface area contributed by atoms with Gasteiger partial charge in [0.05, 0.1) is 23.4 Å². The molecule has 0 saturated carbocycles. The van der Waals surface area contributed by atoms with Gasteiger partial charge < -0.3 is 9.15 Å². The van der Waals surface area contributed by atoms with Crippen LogP contribution in [0.4, 0.5) is 13.2 Å². The molecule has 0 N–H and O–H groups in total. The normalized spacial score (nSPS) is 12.1. The predicted molar refractivity (Wildman–Crippen MR) is 75.8 cm³/mol. The third kappa shape index (κ3) is 3.10. The lowest BCUT2D eigenvalue weighted by Crippen LogP contribution is -2.06. The van der Waals surface area contributed by atoms with Crippen molar-refractivity contribution in [2.45, 2.75) is 26.1 Å². The average Bonchev–Trinajstić information content (AvgIpc) is 2.89. The van der Waals surface area contributed by atoms with E-state index in [9.17, 15) is 13.2 Å². The molecule has 0 aliphatic rings. The van der Waals surface area contributed by atoms with E-state index in [0.717, 1.165) is 12.3 Å². The molecule has 0 radical (unpaired) electrons. The van der Waals surface area contributed by atoms with Crippen molar-refractivity contribution < 1.29 is 22.3 Å². The van der Waals surface area contributed by atoms with Gasteiger partial charge in [-0.1, -0.05) is 0 Å². The molecule has 3 aromatic rings. The smallest absolute Gasteiger partial charge is 0.417 e. The maximum absolute atomic E-state index is 12.7. The van der Waals surface area contributed by atoms with Crippen molar-refractivity contribution in [1.29, 1.82) is 0 Å². The molecule has 3 rings (SSSR count). The maximum Gasteiger partial charge on any atom is 0.417 e. The van der Waals surface area contributed by atoms with E-state index in [1.165, 1.54) is 12.4 Å². The number of rotatable bonds is 3. The third-order valence-corrected chi connectivity index (χ3v) is 2.95. The monoisotopic (exact) mass is 323 g/mol. The first kappa shape index (κ1) is 15.3. The van der Waals surface area contributed by atoms with E-state index in [4.69, 9.17) is 9.15 Å². The molecule has 0 bridgehead atoms. The summed E-state index contributed by atoms with van der Waals surface area (Å²) in [5.41, 5.74) is -0.319. The van der Waals surface area contributed by atoms with Crippen molar-refractivity contribution in [3.8, 4) is 17.2 Å². The number of alkyl halides is 3. The topological polar surface area (TPSA) is 61.0 Å². The van der Waals surface area contributed by atoms with E-state index in [2.05, 4.69) is 15.0 Å². The van der Waals surface area contributed by atoms with E-state index >= 15 is 0 Å². The Hall–Kier alpha value is -2.64. The summed E-state index contributed by atoms with van der Waals surface area (Å²) in [7, 11) is 0. The molecule has 3 heterocycles. The van der Waals surface area contributed by atoms with Crippen molar-refractivity contribution >= 4 is 11.2 Å². The number of aromatic nitrogens is 3. The fraction of sp³-hybridized carbons (Fsp3) is 0.267. The predicted octanol–water partition coefficient (Wildman–Crippen LogP) is 4.09. The highest BCUT2D eigenvalue weighted by molar-refractivity contribution is 5.74. The minimum absolute atomic E-state index is 0.0281. The lowest BCUT2D eigenvalue weighted by Gasteiger charge is -2.11. The summed E-state index contributed by atoms with van der Waals surface area (Å²) in [5, 5.41) is 0. The van der Waals surface area contributed by atoms with Crippen LogP contribution in [0.5, 0.6) is 5.75 Å². The molecule has 0 atom stereocenters. The van der Waals surface area contributed by atoms with Gasteiger partial charge in [-0.3, -0.25) is 4.98 Å². The molecule has 120 valence electrons. The van der Waals surface area contributed by atoms with E-state index in [1.807, 2.05) is 13.8 Å². The van der Waals surface area contributed by atoms with Gasteiger partial charge >= 0.3 is 6.18 Å². The van der Waals surface area contributed by atoms with Crippen LogP contribution in [-0.2, 0) is 6.18 Å². The zero-order valence-electron chi connectivity index (χ0n) is 12.3. The first-order valence-corrected chi connectivity index (χ1v) is 6.79. The number of ether oxygens (including phenoxy) is 1. The highest BCUT2D eigenvalue weighted by Crippen LogP contribution is 2.34. The van der Waals surface area contributed by atoms with Crippen LogP contribution in [0, 0.1) is 0 Å². The van der Waals surface area contributed by atoms with Crippen molar-refractivity contribution in [3.05, 3.63) is 36.3 Å². The zero-order chi connectivity index (χ0) is 16.6. The highest BCUT2D eigenvalue weighted by Gasteiger charge is 2.31. The van der Waals surface area contributed by atoms with Gasteiger partial charge in [0, 0.05) is 12.4 Å². The Morgan fingerprint density at radius 2 is 2.00 bits per heavy atom. The summed E-state index contributed by atoms with van der Waals surface area (Å²) in [5.74, 6) is 0.565. The second kappa shape index (κ2) is 5.53. The maximum atomic E-state index is 12.7. The quantitative estimate of drug-likeness (QED) is 0.726. The Bertz CT molecular complexity index is 843. The Morgan fingerprint density at radius 1 is 1.22 bits per heavy atom. The van der Waals surface area contributed by atoms with E-state index < -0.39 is 11.7 Å². The number of halogens is 3. The number of hydrogen-bond acceptors (Lipinski definition) is 5.